The summed E-state index contributed by atoms with van der Waals surface area (Å²) in [5.41, 5.74) is 0. The van der Waals surface area contributed by atoms with E-state index in [1.165, 1.54) is 13.0 Å². The summed E-state index contributed by atoms with van der Waals surface area (Å²) >= 11 is 0. The van der Waals surface area contributed by atoms with Gasteiger partial charge >= 0.3 is 12.2 Å². The van der Waals surface area contributed by atoms with Gasteiger partial charge in [-0.05, 0) is 13.8 Å². The average molecular weight is 294 g/mol. The molecule has 1 aromatic rings. The zero-order chi connectivity index (χ0) is 15.3. The highest BCUT2D eigenvalue weighted by Gasteiger charge is 2.29. The Morgan fingerprint density at radius 3 is 2.60 bits per heavy atom. The lowest BCUT2D eigenvalue weighted by molar-refractivity contribution is -0.139. The van der Waals surface area contributed by atoms with Gasteiger partial charge in [-0.15, -0.1) is 0 Å². The Hall–Kier alpha value is -2.26. The van der Waals surface area contributed by atoms with Gasteiger partial charge in [0.15, 0.2) is 5.82 Å². The number of rotatable bonds is 4. The molecule has 10 heteroatoms. The second kappa shape index (κ2) is 6.26. The molecule has 7 nitrogen and oxygen atoms in total. The van der Waals surface area contributed by atoms with Gasteiger partial charge in [-0.1, -0.05) is 5.16 Å². The summed E-state index contributed by atoms with van der Waals surface area (Å²) in [6.45, 7) is 1.41. The monoisotopic (exact) mass is 294 g/mol. The van der Waals surface area contributed by atoms with E-state index in [9.17, 15) is 22.8 Å². The molecule has 0 aromatic carbocycles. The predicted octanol–water partition coefficient (Wildman–Crippen LogP) is 1.17. The molecule has 20 heavy (non-hydrogen) atoms. The van der Waals surface area contributed by atoms with Crippen molar-refractivity contribution >= 4 is 17.8 Å². The van der Waals surface area contributed by atoms with E-state index in [4.69, 9.17) is 4.52 Å². The molecule has 3 N–H and O–H groups in total. The number of aryl methyl sites for hydroxylation is 1. The van der Waals surface area contributed by atoms with Crippen LogP contribution in [0.5, 0.6) is 0 Å². The topological polar surface area (TPSA) is 96.3 Å². The van der Waals surface area contributed by atoms with Crippen molar-refractivity contribution in [1.29, 1.82) is 0 Å². The third-order valence-electron chi connectivity index (χ3n) is 2.07. The Morgan fingerprint density at radius 1 is 1.45 bits per heavy atom. The summed E-state index contributed by atoms with van der Waals surface area (Å²) in [6, 6.07) is -0.480. The van der Waals surface area contributed by atoms with E-state index in [1.54, 1.807) is 12.2 Å². The van der Waals surface area contributed by atoms with E-state index in [0.717, 1.165) is 0 Å². The van der Waals surface area contributed by atoms with Gasteiger partial charge < -0.3 is 15.2 Å². The van der Waals surface area contributed by atoms with E-state index in [1.807, 2.05) is 0 Å². The third kappa shape index (κ3) is 5.59. The first kappa shape index (κ1) is 15.8. The molecule has 0 aliphatic rings. The van der Waals surface area contributed by atoms with Crippen molar-refractivity contribution in [2.75, 3.05) is 11.9 Å². The number of aromatic nitrogens is 1. The SMILES string of the molecule is Cc1cc(NC(=O)N[C@@H](C)C(=O)NCC(F)(F)F)no1. The molecular formula is C10H13F3N4O3. The summed E-state index contributed by atoms with van der Waals surface area (Å²) in [5.74, 6) is -0.354. The highest BCUT2D eigenvalue weighted by molar-refractivity contribution is 5.92. The first-order chi connectivity index (χ1) is 9.17. The molecule has 0 saturated heterocycles. The first-order valence-electron chi connectivity index (χ1n) is 5.52. The smallest absolute Gasteiger partial charge is 0.360 e. The molecule has 0 unspecified atom stereocenters. The lowest BCUT2D eigenvalue weighted by atomic mass is 10.3. The van der Waals surface area contributed by atoms with Crippen LogP contribution in [0, 0.1) is 6.92 Å². The van der Waals surface area contributed by atoms with Gasteiger partial charge in [0.05, 0.1) is 0 Å². The predicted molar refractivity (Wildman–Crippen MR) is 61.9 cm³/mol. The van der Waals surface area contributed by atoms with Crippen LogP contribution in [0.1, 0.15) is 12.7 Å². The Balaban J connectivity index is 2.39. The van der Waals surface area contributed by atoms with Crippen molar-refractivity contribution in [3.8, 4) is 0 Å². The highest BCUT2D eigenvalue weighted by atomic mass is 19.4. The lowest BCUT2D eigenvalue weighted by Crippen LogP contribution is -2.48. The first-order valence-corrected chi connectivity index (χ1v) is 5.52. The van der Waals surface area contributed by atoms with Gasteiger partial charge in [-0.25, -0.2) is 4.79 Å². The van der Waals surface area contributed by atoms with E-state index >= 15 is 0 Å². The molecule has 0 aliphatic carbocycles. The maximum atomic E-state index is 11.9. The van der Waals surface area contributed by atoms with Crippen molar-refractivity contribution < 1.29 is 27.3 Å². The highest BCUT2D eigenvalue weighted by Crippen LogP contribution is 2.12. The molecule has 0 aliphatic heterocycles. The number of halogens is 3. The molecule has 1 rings (SSSR count). The number of hydrogen-bond acceptors (Lipinski definition) is 4. The number of carbonyl (C=O) groups excluding carboxylic acids is 2. The van der Waals surface area contributed by atoms with Crippen molar-refractivity contribution in [3.05, 3.63) is 11.8 Å². The molecule has 0 radical (unpaired) electrons. The number of carbonyl (C=O) groups is 2. The Kier molecular flexibility index (Phi) is 4.94. The van der Waals surface area contributed by atoms with Crippen LogP contribution in [0.4, 0.5) is 23.8 Å². The van der Waals surface area contributed by atoms with Crippen LogP contribution in [-0.4, -0.2) is 35.9 Å². The number of alkyl halides is 3. The standard InChI is InChI=1S/C10H13F3N4O3/c1-5-3-7(17-20-5)16-9(19)15-6(2)8(18)14-4-10(11,12)13/h3,6H,4H2,1-2H3,(H,14,18)(H2,15,16,17,19)/t6-/m0/s1. The summed E-state index contributed by atoms with van der Waals surface area (Å²) in [5, 5.41) is 9.56. The number of anilines is 1. The second-order valence-electron chi connectivity index (χ2n) is 3.98. The van der Waals surface area contributed by atoms with Crippen LogP contribution in [0.15, 0.2) is 10.6 Å². The number of hydrogen-bond donors (Lipinski definition) is 3. The molecule has 1 aromatic heterocycles. The van der Waals surface area contributed by atoms with Crippen LogP contribution in [0.2, 0.25) is 0 Å². The van der Waals surface area contributed by atoms with Gasteiger partial charge in [0.1, 0.15) is 18.3 Å². The van der Waals surface area contributed by atoms with Crippen LogP contribution in [-0.2, 0) is 4.79 Å². The van der Waals surface area contributed by atoms with Crippen molar-refractivity contribution in [3.63, 3.8) is 0 Å². The summed E-state index contributed by atoms with van der Waals surface area (Å²) in [4.78, 5) is 22.7. The van der Waals surface area contributed by atoms with E-state index in [-0.39, 0.29) is 5.82 Å². The lowest BCUT2D eigenvalue weighted by Gasteiger charge is -2.14. The molecule has 1 atom stereocenters. The minimum absolute atomic E-state index is 0.128. The van der Waals surface area contributed by atoms with E-state index < -0.39 is 30.7 Å². The minimum Gasteiger partial charge on any atom is -0.360 e. The molecule has 0 fully saturated rings. The molecule has 0 bridgehead atoms. The second-order valence-corrected chi connectivity index (χ2v) is 3.98. The van der Waals surface area contributed by atoms with Gasteiger partial charge in [0, 0.05) is 6.07 Å². The van der Waals surface area contributed by atoms with Gasteiger partial charge in [0.25, 0.3) is 0 Å². The number of nitrogens with zero attached hydrogens (tertiary/aromatic N) is 1. The largest absolute Gasteiger partial charge is 0.405 e. The molecule has 1 heterocycles. The number of nitrogens with one attached hydrogen (secondary N) is 3. The van der Waals surface area contributed by atoms with Crippen LogP contribution in [0.3, 0.4) is 0 Å². The minimum atomic E-state index is -4.50. The molecule has 112 valence electrons. The van der Waals surface area contributed by atoms with Crippen molar-refractivity contribution in [1.82, 2.24) is 15.8 Å². The average Bonchev–Trinajstić information content (AvgIpc) is 2.70. The van der Waals surface area contributed by atoms with Gasteiger partial charge in [-0.3, -0.25) is 10.1 Å². The number of urea groups is 1. The fraction of sp³-hybridized carbons (Fsp3) is 0.500. The number of amides is 3. The van der Waals surface area contributed by atoms with E-state index in [0.29, 0.717) is 5.76 Å². The Labute approximate surface area is 111 Å². The van der Waals surface area contributed by atoms with Crippen LogP contribution < -0.4 is 16.0 Å². The van der Waals surface area contributed by atoms with Crippen LogP contribution in [0.25, 0.3) is 0 Å². The quantitative estimate of drug-likeness (QED) is 0.776. The molecule has 0 spiro atoms. The van der Waals surface area contributed by atoms with Crippen molar-refractivity contribution in [2.24, 2.45) is 0 Å². The summed E-state index contributed by atoms with van der Waals surface area (Å²) in [6.07, 6.45) is -4.50. The molecular weight excluding hydrogens is 281 g/mol. The maximum absolute atomic E-state index is 11.9. The molecule has 3 amide bonds. The Morgan fingerprint density at radius 2 is 2.10 bits per heavy atom. The van der Waals surface area contributed by atoms with E-state index in [2.05, 4.69) is 15.8 Å². The summed E-state index contributed by atoms with van der Waals surface area (Å²) in [7, 11) is 0. The zero-order valence-electron chi connectivity index (χ0n) is 10.7. The van der Waals surface area contributed by atoms with Gasteiger partial charge in [-0.2, -0.15) is 13.2 Å². The Bertz CT molecular complexity index is 486. The normalized spacial score (nSPS) is 12.7. The fourth-order valence-electron chi connectivity index (χ4n) is 1.18. The zero-order valence-corrected chi connectivity index (χ0v) is 10.7. The maximum Gasteiger partial charge on any atom is 0.405 e. The summed E-state index contributed by atoms with van der Waals surface area (Å²) < 4.78 is 40.4. The molecule has 0 saturated carbocycles. The fourth-order valence-corrected chi connectivity index (χ4v) is 1.18. The third-order valence-corrected chi connectivity index (χ3v) is 2.07. The van der Waals surface area contributed by atoms with Crippen LogP contribution >= 0.6 is 0 Å². The van der Waals surface area contributed by atoms with Gasteiger partial charge in [0.2, 0.25) is 5.91 Å². The van der Waals surface area contributed by atoms with Crippen molar-refractivity contribution in [2.45, 2.75) is 26.1 Å².